The number of pyridine rings is 1. The van der Waals surface area contributed by atoms with E-state index in [0.717, 1.165) is 0 Å². The number of amides is 1. The Morgan fingerprint density at radius 1 is 1.26 bits per heavy atom. The van der Waals surface area contributed by atoms with Crippen LogP contribution in [0.3, 0.4) is 0 Å². The van der Waals surface area contributed by atoms with E-state index in [4.69, 9.17) is 4.74 Å². The maximum Gasteiger partial charge on any atom is 0.317 e. The number of nitrogens with zero attached hydrogens (tertiary/aromatic N) is 1. The number of anilines is 1. The molecule has 1 aliphatic rings. The SMILES string of the molecule is O=C1Cc2ncc(NC(=O)c3ccccc3)cc2O1. The van der Waals surface area contributed by atoms with Crippen LogP contribution in [0.15, 0.2) is 42.6 Å². The summed E-state index contributed by atoms with van der Waals surface area (Å²) < 4.78 is 4.98. The van der Waals surface area contributed by atoms with E-state index in [1.54, 1.807) is 30.3 Å². The molecule has 1 aromatic carbocycles. The highest BCUT2D eigenvalue weighted by Crippen LogP contribution is 2.26. The molecule has 0 fully saturated rings. The third-order valence-electron chi connectivity index (χ3n) is 2.76. The Balaban J connectivity index is 1.80. The molecule has 1 N–H and O–H groups in total. The number of esters is 1. The molecule has 2 heterocycles. The second-order valence-electron chi connectivity index (χ2n) is 4.14. The van der Waals surface area contributed by atoms with Crippen LogP contribution in [0.2, 0.25) is 0 Å². The summed E-state index contributed by atoms with van der Waals surface area (Å²) in [6.07, 6.45) is 1.70. The fourth-order valence-electron chi connectivity index (χ4n) is 1.85. The predicted molar refractivity (Wildman–Crippen MR) is 68.0 cm³/mol. The first-order valence-corrected chi connectivity index (χ1v) is 5.78. The van der Waals surface area contributed by atoms with Crippen LogP contribution in [-0.2, 0) is 11.2 Å². The topological polar surface area (TPSA) is 68.3 Å². The van der Waals surface area contributed by atoms with Crippen molar-refractivity contribution in [3.05, 3.63) is 53.9 Å². The summed E-state index contributed by atoms with van der Waals surface area (Å²) in [4.78, 5) is 27.1. The van der Waals surface area contributed by atoms with E-state index < -0.39 is 0 Å². The molecule has 0 saturated carbocycles. The van der Waals surface area contributed by atoms with Crippen LogP contribution in [0.5, 0.6) is 5.75 Å². The van der Waals surface area contributed by atoms with Gasteiger partial charge in [0.15, 0.2) is 5.75 Å². The van der Waals surface area contributed by atoms with E-state index in [-0.39, 0.29) is 18.3 Å². The van der Waals surface area contributed by atoms with Gasteiger partial charge in [0.2, 0.25) is 0 Å². The Morgan fingerprint density at radius 3 is 2.84 bits per heavy atom. The third kappa shape index (κ3) is 2.30. The van der Waals surface area contributed by atoms with Gasteiger partial charge in [-0.1, -0.05) is 18.2 Å². The first-order valence-electron chi connectivity index (χ1n) is 5.78. The summed E-state index contributed by atoms with van der Waals surface area (Å²) in [5, 5.41) is 2.71. The Bertz CT molecular complexity index is 653. The fourth-order valence-corrected chi connectivity index (χ4v) is 1.85. The quantitative estimate of drug-likeness (QED) is 0.830. The van der Waals surface area contributed by atoms with Crippen molar-refractivity contribution in [2.75, 3.05) is 5.32 Å². The van der Waals surface area contributed by atoms with E-state index in [0.29, 0.717) is 22.7 Å². The maximum absolute atomic E-state index is 11.9. The third-order valence-corrected chi connectivity index (χ3v) is 2.76. The second kappa shape index (κ2) is 4.53. The van der Waals surface area contributed by atoms with Crippen LogP contribution in [0.4, 0.5) is 5.69 Å². The van der Waals surface area contributed by atoms with Crippen molar-refractivity contribution in [3.63, 3.8) is 0 Å². The number of fused-ring (bicyclic) bond motifs is 1. The van der Waals surface area contributed by atoms with Crippen molar-refractivity contribution < 1.29 is 14.3 Å². The number of rotatable bonds is 2. The number of carbonyl (C=O) groups excluding carboxylic acids is 2. The highest BCUT2D eigenvalue weighted by atomic mass is 16.5. The Hall–Kier alpha value is -2.69. The van der Waals surface area contributed by atoms with Crippen molar-refractivity contribution in [2.24, 2.45) is 0 Å². The molecule has 0 aliphatic carbocycles. The molecule has 0 spiro atoms. The van der Waals surface area contributed by atoms with Gasteiger partial charge in [-0.2, -0.15) is 0 Å². The van der Waals surface area contributed by atoms with Crippen LogP contribution in [0.1, 0.15) is 16.1 Å². The van der Waals surface area contributed by atoms with E-state index in [1.165, 1.54) is 6.20 Å². The van der Waals surface area contributed by atoms with Crippen molar-refractivity contribution in [1.29, 1.82) is 0 Å². The minimum Gasteiger partial charge on any atom is -0.424 e. The lowest BCUT2D eigenvalue weighted by Gasteiger charge is -2.05. The second-order valence-corrected chi connectivity index (χ2v) is 4.14. The number of ether oxygens (including phenoxy) is 1. The zero-order chi connectivity index (χ0) is 13.2. The van der Waals surface area contributed by atoms with Gasteiger partial charge in [-0.25, -0.2) is 0 Å². The molecule has 5 heteroatoms. The van der Waals surface area contributed by atoms with Crippen LogP contribution in [0.25, 0.3) is 0 Å². The molecule has 1 amide bonds. The lowest BCUT2D eigenvalue weighted by Crippen LogP contribution is -2.11. The van der Waals surface area contributed by atoms with Crippen molar-refractivity contribution >= 4 is 17.6 Å². The number of carbonyl (C=O) groups is 2. The summed E-state index contributed by atoms with van der Waals surface area (Å²) in [6, 6.07) is 10.5. The van der Waals surface area contributed by atoms with Gasteiger partial charge in [-0.15, -0.1) is 0 Å². The molecule has 2 aromatic rings. The monoisotopic (exact) mass is 254 g/mol. The summed E-state index contributed by atoms with van der Waals surface area (Å²) in [5.41, 5.74) is 1.66. The van der Waals surface area contributed by atoms with Crippen molar-refractivity contribution in [3.8, 4) is 5.75 Å². The minimum absolute atomic E-state index is 0.183. The molecule has 0 saturated heterocycles. The van der Waals surface area contributed by atoms with E-state index in [1.807, 2.05) is 6.07 Å². The average Bonchev–Trinajstić information content (AvgIpc) is 2.79. The Morgan fingerprint density at radius 2 is 2.05 bits per heavy atom. The van der Waals surface area contributed by atoms with Gasteiger partial charge < -0.3 is 10.1 Å². The van der Waals surface area contributed by atoms with Gasteiger partial charge >= 0.3 is 5.97 Å². The molecule has 0 radical (unpaired) electrons. The molecule has 0 atom stereocenters. The molecule has 3 rings (SSSR count). The van der Waals surface area contributed by atoms with Crippen LogP contribution in [-0.4, -0.2) is 16.9 Å². The molecule has 0 unspecified atom stereocenters. The standard InChI is InChI=1S/C14H10N2O3/c17-13-7-11-12(19-13)6-10(8-15-11)16-14(18)9-4-2-1-3-5-9/h1-6,8H,7H2,(H,16,18). The molecular formula is C14H10N2O3. The zero-order valence-corrected chi connectivity index (χ0v) is 9.92. The molecular weight excluding hydrogens is 244 g/mol. The van der Waals surface area contributed by atoms with Gasteiger partial charge in [0, 0.05) is 11.6 Å². The highest BCUT2D eigenvalue weighted by Gasteiger charge is 2.22. The van der Waals surface area contributed by atoms with Crippen molar-refractivity contribution in [2.45, 2.75) is 6.42 Å². The van der Waals surface area contributed by atoms with Gasteiger partial charge in [-0.05, 0) is 12.1 Å². The summed E-state index contributed by atoms with van der Waals surface area (Å²) in [7, 11) is 0. The largest absolute Gasteiger partial charge is 0.424 e. The first kappa shape index (κ1) is 11.4. The average molecular weight is 254 g/mol. The summed E-state index contributed by atoms with van der Waals surface area (Å²) in [5.74, 6) is -0.142. The van der Waals surface area contributed by atoms with Crippen molar-refractivity contribution in [1.82, 2.24) is 4.98 Å². The number of nitrogens with one attached hydrogen (secondary N) is 1. The summed E-state index contributed by atoms with van der Waals surface area (Å²) in [6.45, 7) is 0. The lowest BCUT2D eigenvalue weighted by molar-refractivity contribution is -0.131. The number of hydrogen-bond acceptors (Lipinski definition) is 4. The Kier molecular flexibility index (Phi) is 2.72. The van der Waals surface area contributed by atoms with Gasteiger partial charge in [0.25, 0.3) is 5.91 Å². The smallest absolute Gasteiger partial charge is 0.317 e. The molecule has 5 nitrogen and oxygen atoms in total. The van der Waals surface area contributed by atoms with Crippen LogP contribution in [0, 0.1) is 0 Å². The van der Waals surface area contributed by atoms with Crippen LogP contribution < -0.4 is 10.1 Å². The predicted octanol–water partition coefficient (Wildman–Crippen LogP) is 1.80. The summed E-state index contributed by atoms with van der Waals surface area (Å²) >= 11 is 0. The van der Waals surface area contributed by atoms with Gasteiger partial charge in [0.1, 0.15) is 0 Å². The molecule has 94 valence electrons. The highest BCUT2D eigenvalue weighted by molar-refractivity contribution is 6.04. The van der Waals surface area contributed by atoms with Gasteiger partial charge in [-0.3, -0.25) is 14.6 Å². The normalized spacial score (nSPS) is 12.7. The molecule has 1 aliphatic heterocycles. The fraction of sp³-hybridized carbons (Fsp3) is 0.0714. The van der Waals surface area contributed by atoms with Crippen LogP contribution >= 0.6 is 0 Å². The molecule has 0 bridgehead atoms. The zero-order valence-electron chi connectivity index (χ0n) is 9.92. The van der Waals surface area contributed by atoms with Gasteiger partial charge in [0.05, 0.1) is 24.0 Å². The maximum atomic E-state index is 11.9. The van der Waals surface area contributed by atoms with E-state index in [9.17, 15) is 9.59 Å². The molecule has 1 aromatic heterocycles. The lowest BCUT2D eigenvalue weighted by atomic mass is 10.2. The number of hydrogen-bond donors (Lipinski definition) is 1. The Labute approximate surface area is 109 Å². The first-order chi connectivity index (χ1) is 9.22. The van der Waals surface area contributed by atoms with E-state index >= 15 is 0 Å². The number of benzene rings is 1. The van der Waals surface area contributed by atoms with E-state index in [2.05, 4.69) is 10.3 Å². The minimum atomic E-state index is -0.325. The number of aromatic nitrogens is 1. The molecule has 19 heavy (non-hydrogen) atoms.